The number of benzene rings is 1. The predicted molar refractivity (Wildman–Crippen MR) is 86.0 cm³/mol. The molecule has 4 rings (SSSR count). The molecule has 3 N–H and O–H groups in total. The van der Waals surface area contributed by atoms with Gasteiger partial charge in [0.1, 0.15) is 30.3 Å². The first-order chi connectivity index (χ1) is 11.7. The normalized spacial score (nSPS) is 27.0. The second-order valence-electron chi connectivity index (χ2n) is 5.78. The Balaban J connectivity index is 1.80. The topological polar surface area (TPSA) is 101 Å². The molecule has 1 aliphatic heterocycles. The van der Waals surface area contributed by atoms with Crippen molar-refractivity contribution >= 4 is 11.0 Å². The summed E-state index contributed by atoms with van der Waals surface area (Å²) in [5.74, 6) is 0. The van der Waals surface area contributed by atoms with Gasteiger partial charge in [0, 0.05) is 17.1 Å². The molecule has 7 heteroatoms. The van der Waals surface area contributed by atoms with Crippen LogP contribution in [0, 0.1) is 0 Å². The van der Waals surface area contributed by atoms with Crippen molar-refractivity contribution in [1.29, 1.82) is 0 Å². The van der Waals surface area contributed by atoms with Crippen LogP contribution >= 0.6 is 0 Å². The number of hydrogen-bond donors (Lipinski definition) is 3. The van der Waals surface area contributed by atoms with Crippen molar-refractivity contribution in [1.82, 2.24) is 14.5 Å². The summed E-state index contributed by atoms with van der Waals surface area (Å²) < 4.78 is 7.25. The molecule has 1 saturated heterocycles. The Bertz CT molecular complexity index is 851. The lowest BCUT2D eigenvalue weighted by atomic mass is 10.1. The lowest BCUT2D eigenvalue weighted by molar-refractivity contribution is -0.0508. The lowest BCUT2D eigenvalue weighted by Gasteiger charge is -2.17. The van der Waals surface area contributed by atoms with E-state index in [9.17, 15) is 15.3 Å². The van der Waals surface area contributed by atoms with Gasteiger partial charge in [-0.05, 0) is 6.07 Å². The smallest absolute Gasteiger partial charge is 0.164 e. The highest BCUT2D eigenvalue weighted by Crippen LogP contribution is 2.33. The Morgan fingerprint density at radius 1 is 1.04 bits per heavy atom. The van der Waals surface area contributed by atoms with Crippen LogP contribution in [-0.2, 0) is 4.74 Å². The van der Waals surface area contributed by atoms with E-state index in [0.717, 1.165) is 16.6 Å². The Labute approximate surface area is 137 Å². The summed E-state index contributed by atoms with van der Waals surface area (Å²) in [5, 5.41) is 30.2. The zero-order valence-electron chi connectivity index (χ0n) is 12.7. The van der Waals surface area contributed by atoms with Gasteiger partial charge in [-0.15, -0.1) is 0 Å². The van der Waals surface area contributed by atoms with Gasteiger partial charge in [0.05, 0.1) is 12.3 Å². The molecule has 1 aliphatic rings. The standard InChI is InChI=1S/C17H17N3O4/c21-8-12-14(22)15(23)17(24-12)20-7-6-11-13(18-9-19-16(11)20)10-4-2-1-3-5-10/h1-7,9,12,14-15,17,21-23H,8H2/t12?,14-,15-,17+/m0/s1. The Kier molecular flexibility index (Phi) is 3.78. The number of rotatable bonds is 3. The molecule has 0 amide bonds. The van der Waals surface area contributed by atoms with E-state index in [4.69, 9.17) is 4.74 Å². The zero-order chi connectivity index (χ0) is 16.7. The van der Waals surface area contributed by atoms with Crippen LogP contribution in [0.2, 0.25) is 0 Å². The fraction of sp³-hybridized carbons (Fsp3) is 0.294. The summed E-state index contributed by atoms with van der Waals surface area (Å²) in [4.78, 5) is 8.66. The maximum Gasteiger partial charge on any atom is 0.164 e. The van der Waals surface area contributed by atoms with E-state index in [1.54, 1.807) is 10.8 Å². The Morgan fingerprint density at radius 2 is 1.83 bits per heavy atom. The van der Waals surface area contributed by atoms with Gasteiger partial charge >= 0.3 is 0 Å². The van der Waals surface area contributed by atoms with Crippen molar-refractivity contribution in [2.45, 2.75) is 24.5 Å². The van der Waals surface area contributed by atoms with Gasteiger partial charge in [-0.3, -0.25) is 0 Å². The zero-order valence-corrected chi connectivity index (χ0v) is 12.7. The summed E-state index contributed by atoms with van der Waals surface area (Å²) in [5.41, 5.74) is 2.34. The number of nitrogens with zero attached hydrogens (tertiary/aromatic N) is 3. The van der Waals surface area contributed by atoms with Crippen molar-refractivity contribution in [3.63, 3.8) is 0 Å². The van der Waals surface area contributed by atoms with E-state index in [1.807, 2.05) is 36.4 Å². The maximum atomic E-state index is 10.2. The Hall–Kier alpha value is -2.32. The quantitative estimate of drug-likeness (QED) is 0.655. The number of aliphatic hydroxyl groups excluding tert-OH is 3. The van der Waals surface area contributed by atoms with Crippen LogP contribution < -0.4 is 0 Å². The Morgan fingerprint density at radius 3 is 2.54 bits per heavy atom. The molecule has 3 aromatic rings. The number of aromatic nitrogens is 3. The van der Waals surface area contributed by atoms with Gasteiger partial charge in [0.25, 0.3) is 0 Å². The molecule has 24 heavy (non-hydrogen) atoms. The first kappa shape index (κ1) is 15.2. The fourth-order valence-corrected chi connectivity index (χ4v) is 3.11. The molecule has 1 unspecified atom stereocenters. The average Bonchev–Trinajstić information content (AvgIpc) is 3.17. The van der Waals surface area contributed by atoms with E-state index in [2.05, 4.69) is 9.97 Å². The minimum atomic E-state index is -1.15. The van der Waals surface area contributed by atoms with Gasteiger partial charge in [-0.25, -0.2) is 9.97 Å². The third kappa shape index (κ3) is 2.30. The third-order valence-electron chi connectivity index (χ3n) is 4.35. The van der Waals surface area contributed by atoms with E-state index in [-0.39, 0.29) is 6.61 Å². The first-order valence-corrected chi connectivity index (χ1v) is 7.70. The van der Waals surface area contributed by atoms with Gasteiger partial charge in [0.15, 0.2) is 6.23 Å². The monoisotopic (exact) mass is 327 g/mol. The molecular formula is C17H17N3O4. The van der Waals surface area contributed by atoms with E-state index in [1.165, 1.54) is 6.33 Å². The number of hydrogen-bond acceptors (Lipinski definition) is 6. The molecule has 0 spiro atoms. The summed E-state index contributed by atoms with van der Waals surface area (Å²) in [6.45, 7) is -0.363. The van der Waals surface area contributed by atoms with Crippen molar-refractivity contribution in [3.8, 4) is 11.3 Å². The summed E-state index contributed by atoms with van der Waals surface area (Å²) in [7, 11) is 0. The molecule has 0 aliphatic carbocycles. The highest BCUT2D eigenvalue weighted by atomic mass is 16.6. The lowest BCUT2D eigenvalue weighted by Crippen LogP contribution is -2.33. The predicted octanol–water partition coefficient (Wildman–Crippen LogP) is 0.710. The highest BCUT2D eigenvalue weighted by Gasteiger charge is 2.43. The molecule has 1 aromatic carbocycles. The van der Waals surface area contributed by atoms with Crippen LogP contribution in [0.5, 0.6) is 0 Å². The van der Waals surface area contributed by atoms with Crippen LogP contribution in [0.25, 0.3) is 22.3 Å². The molecule has 124 valence electrons. The van der Waals surface area contributed by atoms with Gasteiger partial charge in [-0.2, -0.15) is 0 Å². The minimum Gasteiger partial charge on any atom is -0.394 e. The summed E-state index contributed by atoms with van der Waals surface area (Å²) in [6, 6.07) is 11.6. The first-order valence-electron chi connectivity index (χ1n) is 7.70. The second kappa shape index (κ2) is 5.95. The number of aliphatic hydroxyl groups is 3. The van der Waals surface area contributed by atoms with Crippen LogP contribution in [0.3, 0.4) is 0 Å². The minimum absolute atomic E-state index is 0.363. The molecule has 1 fully saturated rings. The SMILES string of the molecule is OCC1O[C@@H](n2ccc3c(-c4ccccc4)ncnc32)[C@@H](O)[C@H]1O. The molecule has 4 atom stereocenters. The van der Waals surface area contributed by atoms with Crippen LogP contribution in [0.1, 0.15) is 6.23 Å². The molecular weight excluding hydrogens is 310 g/mol. The summed E-state index contributed by atoms with van der Waals surface area (Å²) in [6.07, 6.45) is -0.721. The second-order valence-corrected chi connectivity index (χ2v) is 5.78. The van der Waals surface area contributed by atoms with Crippen molar-refractivity contribution in [2.24, 2.45) is 0 Å². The van der Waals surface area contributed by atoms with Crippen molar-refractivity contribution < 1.29 is 20.1 Å². The highest BCUT2D eigenvalue weighted by molar-refractivity contribution is 5.90. The van der Waals surface area contributed by atoms with Gasteiger partial charge in [-0.1, -0.05) is 30.3 Å². The van der Waals surface area contributed by atoms with E-state index >= 15 is 0 Å². The molecule has 2 aromatic heterocycles. The van der Waals surface area contributed by atoms with Crippen molar-refractivity contribution in [2.75, 3.05) is 6.61 Å². The maximum absolute atomic E-state index is 10.2. The summed E-state index contributed by atoms with van der Waals surface area (Å²) >= 11 is 0. The van der Waals surface area contributed by atoms with E-state index in [0.29, 0.717) is 5.65 Å². The molecule has 0 radical (unpaired) electrons. The number of fused-ring (bicyclic) bond motifs is 1. The third-order valence-corrected chi connectivity index (χ3v) is 4.35. The number of ether oxygens (including phenoxy) is 1. The largest absolute Gasteiger partial charge is 0.394 e. The molecule has 7 nitrogen and oxygen atoms in total. The van der Waals surface area contributed by atoms with Gasteiger partial charge < -0.3 is 24.6 Å². The van der Waals surface area contributed by atoms with Crippen LogP contribution in [0.15, 0.2) is 48.9 Å². The molecule has 0 bridgehead atoms. The van der Waals surface area contributed by atoms with Gasteiger partial charge in [0.2, 0.25) is 0 Å². The van der Waals surface area contributed by atoms with Crippen LogP contribution in [0.4, 0.5) is 0 Å². The van der Waals surface area contributed by atoms with Crippen LogP contribution in [-0.4, -0.2) is 54.8 Å². The molecule has 0 saturated carbocycles. The fourth-order valence-electron chi connectivity index (χ4n) is 3.11. The molecule has 3 heterocycles. The van der Waals surface area contributed by atoms with Crippen molar-refractivity contribution in [3.05, 3.63) is 48.9 Å². The average molecular weight is 327 g/mol. The van der Waals surface area contributed by atoms with E-state index < -0.39 is 24.5 Å².